The number of aliphatic hydroxyl groups is 1. The molecule has 1 fully saturated rings. The molecule has 1 aliphatic heterocycles. The molecule has 0 radical (unpaired) electrons. The van der Waals surface area contributed by atoms with Crippen molar-refractivity contribution in [2.24, 2.45) is 5.92 Å². The van der Waals surface area contributed by atoms with Gasteiger partial charge < -0.3 is 19.5 Å². The predicted octanol–water partition coefficient (Wildman–Crippen LogP) is 4.33. The Labute approximate surface area is 177 Å². The van der Waals surface area contributed by atoms with E-state index in [2.05, 4.69) is 0 Å². The average Bonchev–Trinajstić information content (AvgIpc) is 2.72. The van der Waals surface area contributed by atoms with Crippen LogP contribution in [-0.2, 0) is 16.1 Å². The molecule has 30 heavy (non-hydrogen) atoms. The summed E-state index contributed by atoms with van der Waals surface area (Å²) >= 11 is 0. The number of nitrogens with zero attached hydrogens (tertiary/aromatic N) is 1. The van der Waals surface area contributed by atoms with E-state index in [4.69, 9.17) is 9.47 Å². The number of ether oxygens (including phenoxy) is 2. The SMILES string of the molecule is CC(C)COC(=O)CC1(O)CCN(c2ccc(OCc3ccccc3)cc2F)CC1. The van der Waals surface area contributed by atoms with Crippen molar-refractivity contribution < 1.29 is 23.8 Å². The summed E-state index contributed by atoms with van der Waals surface area (Å²) in [7, 11) is 0. The molecule has 0 aromatic heterocycles. The van der Waals surface area contributed by atoms with Crippen molar-refractivity contribution in [1.82, 2.24) is 0 Å². The van der Waals surface area contributed by atoms with Crippen molar-refractivity contribution in [2.45, 2.75) is 45.3 Å². The Balaban J connectivity index is 1.53. The van der Waals surface area contributed by atoms with E-state index in [1.54, 1.807) is 12.1 Å². The smallest absolute Gasteiger partial charge is 0.308 e. The molecule has 0 atom stereocenters. The summed E-state index contributed by atoms with van der Waals surface area (Å²) in [6.07, 6.45) is 0.743. The molecule has 5 nitrogen and oxygen atoms in total. The highest BCUT2D eigenvalue weighted by Gasteiger charge is 2.35. The number of carbonyl (C=O) groups is 1. The highest BCUT2D eigenvalue weighted by atomic mass is 19.1. The highest BCUT2D eigenvalue weighted by molar-refractivity contribution is 5.70. The van der Waals surface area contributed by atoms with Gasteiger partial charge in [-0.1, -0.05) is 44.2 Å². The molecule has 0 unspecified atom stereocenters. The number of carbonyl (C=O) groups excluding carboxylic acids is 1. The summed E-state index contributed by atoms with van der Waals surface area (Å²) in [5.74, 6) is -0.0114. The van der Waals surface area contributed by atoms with Gasteiger partial charge in [-0.2, -0.15) is 0 Å². The van der Waals surface area contributed by atoms with Crippen molar-refractivity contribution in [2.75, 3.05) is 24.6 Å². The normalized spacial score (nSPS) is 15.8. The molecule has 0 saturated carbocycles. The topological polar surface area (TPSA) is 59.0 Å². The molecular weight excluding hydrogens is 385 g/mol. The summed E-state index contributed by atoms with van der Waals surface area (Å²) < 4.78 is 25.5. The lowest BCUT2D eigenvalue weighted by Crippen LogP contribution is -2.46. The fourth-order valence-electron chi connectivity index (χ4n) is 3.49. The average molecular weight is 416 g/mol. The zero-order chi connectivity index (χ0) is 21.6. The lowest BCUT2D eigenvalue weighted by Gasteiger charge is -2.39. The molecule has 0 spiro atoms. The van der Waals surface area contributed by atoms with Crippen LogP contribution in [-0.4, -0.2) is 36.4 Å². The van der Waals surface area contributed by atoms with Gasteiger partial charge in [-0.3, -0.25) is 4.79 Å². The van der Waals surface area contributed by atoms with E-state index in [0.29, 0.717) is 50.6 Å². The molecule has 1 aliphatic rings. The van der Waals surface area contributed by atoms with Crippen LogP contribution in [0, 0.1) is 11.7 Å². The van der Waals surface area contributed by atoms with Gasteiger partial charge in [0.05, 0.1) is 24.3 Å². The van der Waals surface area contributed by atoms with Crippen LogP contribution in [0.4, 0.5) is 10.1 Å². The number of hydrogen-bond donors (Lipinski definition) is 1. The van der Waals surface area contributed by atoms with Gasteiger partial charge in [-0.15, -0.1) is 0 Å². The molecular formula is C24H30FNO4. The Bertz CT molecular complexity index is 832. The molecule has 3 rings (SSSR count). The first-order chi connectivity index (χ1) is 14.3. The third-order valence-corrected chi connectivity index (χ3v) is 5.25. The van der Waals surface area contributed by atoms with Crippen LogP contribution >= 0.6 is 0 Å². The van der Waals surface area contributed by atoms with E-state index in [-0.39, 0.29) is 24.1 Å². The van der Waals surface area contributed by atoms with Crippen LogP contribution in [0.5, 0.6) is 5.75 Å². The van der Waals surface area contributed by atoms with E-state index in [1.165, 1.54) is 6.07 Å². The summed E-state index contributed by atoms with van der Waals surface area (Å²) in [6.45, 7) is 5.60. The van der Waals surface area contributed by atoms with E-state index in [1.807, 2.05) is 49.1 Å². The molecule has 162 valence electrons. The van der Waals surface area contributed by atoms with Crippen molar-refractivity contribution in [3.8, 4) is 5.75 Å². The van der Waals surface area contributed by atoms with Crippen molar-refractivity contribution in [1.29, 1.82) is 0 Å². The predicted molar refractivity (Wildman–Crippen MR) is 114 cm³/mol. The lowest BCUT2D eigenvalue weighted by atomic mass is 9.88. The van der Waals surface area contributed by atoms with Gasteiger partial charge in [-0.25, -0.2) is 4.39 Å². The summed E-state index contributed by atoms with van der Waals surface area (Å²) in [5, 5.41) is 10.7. The standard InChI is InChI=1S/C24H30FNO4/c1-18(2)16-30-23(27)15-24(28)10-12-26(13-11-24)22-9-8-20(14-21(22)25)29-17-19-6-4-3-5-7-19/h3-9,14,18,28H,10-13,15-17H2,1-2H3. The Morgan fingerprint density at radius 2 is 1.87 bits per heavy atom. The first-order valence-electron chi connectivity index (χ1n) is 10.4. The van der Waals surface area contributed by atoms with Crippen LogP contribution in [0.3, 0.4) is 0 Å². The molecule has 1 N–H and O–H groups in total. The van der Waals surface area contributed by atoms with E-state index >= 15 is 0 Å². The minimum absolute atomic E-state index is 0.0255. The summed E-state index contributed by atoms with van der Waals surface area (Å²) in [6, 6.07) is 14.6. The first-order valence-corrected chi connectivity index (χ1v) is 10.4. The van der Waals surface area contributed by atoms with Gasteiger partial charge >= 0.3 is 5.97 Å². The highest BCUT2D eigenvalue weighted by Crippen LogP contribution is 2.32. The van der Waals surface area contributed by atoms with Crippen LogP contribution in [0.15, 0.2) is 48.5 Å². The Morgan fingerprint density at radius 1 is 1.17 bits per heavy atom. The van der Waals surface area contributed by atoms with Crippen molar-refractivity contribution in [3.63, 3.8) is 0 Å². The summed E-state index contributed by atoms with van der Waals surface area (Å²) in [5.41, 5.74) is 0.399. The minimum Gasteiger partial charge on any atom is -0.489 e. The quantitative estimate of drug-likeness (QED) is 0.651. The number of halogens is 1. The third kappa shape index (κ3) is 6.20. The monoisotopic (exact) mass is 415 g/mol. The fraction of sp³-hybridized carbons (Fsp3) is 0.458. The summed E-state index contributed by atoms with van der Waals surface area (Å²) in [4.78, 5) is 13.9. The zero-order valence-corrected chi connectivity index (χ0v) is 17.6. The first kappa shape index (κ1) is 22.1. The van der Waals surface area contributed by atoms with Gasteiger partial charge in [-0.05, 0) is 36.5 Å². The number of esters is 1. The Hall–Kier alpha value is -2.60. The van der Waals surface area contributed by atoms with Crippen LogP contribution in [0.1, 0.15) is 38.7 Å². The van der Waals surface area contributed by atoms with E-state index < -0.39 is 5.60 Å². The number of rotatable bonds is 8. The van der Waals surface area contributed by atoms with E-state index in [9.17, 15) is 14.3 Å². The number of benzene rings is 2. The van der Waals surface area contributed by atoms with Crippen molar-refractivity contribution in [3.05, 3.63) is 59.9 Å². The lowest BCUT2D eigenvalue weighted by molar-refractivity contribution is -0.151. The van der Waals surface area contributed by atoms with Crippen molar-refractivity contribution >= 4 is 11.7 Å². The second-order valence-corrected chi connectivity index (χ2v) is 8.35. The molecule has 2 aromatic carbocycles. The molecule has 6 heteroatoms. The number of anilines is 1. The van der Waals surface area contributed by atoms with Crippen LogP contribution in [0.25, 0.3) is 0 Å². The van der Waals surface area contributed by atoms with Gasteiger partial charge in [0.15, 0.2) is 0 Å². The molecule has 1 saturated heterocycles. The largest absolute Gasteiger partial charge is 0.489 e. The Morgan fingerprint density at radius 3 is 2.50 bits per heavy atom. The molecule has 0 bridgehead atoms. The minimum atomic E-state index is -1.10. The number of piperidine rings is 1. The van der Waals surface area contributed by atoms with Gasteiger partial charge in [0, 0.05) is 19.2 Å². The van der Waals surface area contributed by atoms with Gasteiger partial charge in [0.2, 0.25) is 0 Å². The maximum Gasteiger partial charge on any atom is 0.308 e. The zero-order valence-electron chi connectivity index (χ0n) is 17.6. The molecule has 0 amide bonds. The van der Waals surface area contributed by atoms with Crippen LogP contribution < -0.4 is 9.64 Å². The van der Waals surface area contributed by atoms with Gasteiger partial charge in [0.1, 0.15) is 18.2 Å². The molecule has 2 aromatic rings. The van der Waals surface area contributed by atoms with E-state index in [0.717, 1.165) is 5.56 Å². The molecule has 1 heterocycles. The van der Waals surface area contributed by atoms with Gasteiger partial charge in [0.25, 0.3) is 0 Å². The Kier molecular flexibility index (Phi) is 7.32. The molecule has 0 aliphatic carbocycles. The third-order valence-electron chi connectivity index (χ3n) is 5.25. The fourth-order valence-corrected chi connectivity index (χ4v) is 3.49. The second-order valence-electron chi connectivity index (χ2n) is 8.35. The second kappa shape index (κ2) is 9.94. The maximum absolute atomic E-state index is 14.7. The van der Waals surface area contributed by atoms with Crippen LogP contribution in [0.2, 0.25) is 0 Å². The maximum atomic E-state index is 14.7. The number of hydrogen-bond acceptors (Lipinski definition) is 5.